The van der Waals surface area contributed by atoms with E-state index in [1.807, 2.05) is 0 Å². The van der Waals surface area contributed by atoms with E-state index in [-0.39, 0.29) is 0 Å². The van der Waals surface area contributed by atoms with E-state index in [2.05, 4.69) is 10.3 Å². The highest BCUT2D eigenvalue weighted by Gasteiger charge is 2.13. The molecule has 0 unspecified atom stereocenters. The molecule has 0 radical (unpaired) electrons. The number of ether oxygens (including phenoxy) is 3. The number of benzene rings is 1. The van der Waals surface area contributed by atoms with Crippen LogP contribution in [0.5, 0.6) is 17.2 Å². The molecule has 1 aromatic carbocycles. The summed E-state index contributed by atoms with van der Waals surface area (Å²) in [6.45, 7) is 0. The van der Waals surface area contributed by atoms with Crippen LogP contribution in [0.4, 0.5) is 16.6 Å². The Labute approximate surface area is 115 Å². The van der Waals surface area contributed by atoms with Crippen molar-refractivity contribution in [3.8, 4) is 17.2 Å². The summed E-state index contributed by atoms with van der Waals surface area (Å²) < 4.78 is 15.8. The van der Waals surface area contributed by atoms with Gasteiger partial charge >= 0.3 is 0 Å². The summed E-state index contributed by atoms with van der Waals surface area (Å²) in [4.78, 5) is 4.13. The first kappa shape index (κ1) is 13.3. The standard InChI is InChI=1S/C12H15N3O3S/c1-16-8-4-7(5-9(17-2)11(8)18-3)14-12-15-10(13)6-19-12/h4-6H,13H2,1-3H3,(H,14,15). The number of nitrogen functional groups attached to an aromatic ring is 1. The van der Waals surface area contributed by atoms with Crippen molar-refractivity contribution < 1.29 is 14.2 Å². The Bertz CT molecular complexity index is 546. The smallest absolute Gasteiger partial charge is 0.203 e. The molecule has 0 aliphatic carbocycles. The molecule has 7 heteroatoms. The van der Waals surface area contributed by atoms with Gasteiger partial charge in [-0.25, -0.2) is 4.98 Å². The molecule has 2 rings (SSSR count). The van der Waals surface area contributed by atoms with Crippen LogP contribution in [0.2, 0.25) is 0 Å². The predicted octanol–water partition coefficient (Wildman–Crippen LogP) is 2.49. The summed E-state index contributed by atoms with van der Waals surface area (Å²) in [5.41, 5.74) is 6.36. The molecule has 0 bridgehead atoms. The molecule has 0 aliphatic rings. The lowest BCUT2D eigenvalue weighted by Gasteiger charge is -2.14. The number of nitrogens with two attached hydrogens (primary N) is 1. The van der Waals surface area contributed by atoms with Crippen molar-refractivity contribution in [2.24, 2.45) is 0 Å². The van der Waals surface area contributed by atoms with E-state index in [1.54, 1.807) is 38.8 Å². The normalized spacial score (nSPS) is 10.1. The number of hydrogen-bond donors (Lipinski definition) is 2. The maximum Gasteiger partial charge on any atom is 0.203 e. The van der Waals surface area contributed by atoms with Crippen LogP contribution < -0.4 is 25.3 Å². The van der Waals surface area contributed by atoms with Crippen LogP contribution in [-0.4, -0.2) is 26.3 Å². The van der Waals surface area contributed by atoms with E-state index in [1.165, 1.54) is 11.3 Å². The first-order valence-electron chi connectivity index (χ1n) is 5.46. The summed E-state index contributed by atoms with van der Waals surface area (Å²) in [5.74, 6) is 2.19. The van der Waals surface area contributed by atoms with Crippen molar-refractivity contribution in [1.82, 2.24) is 4.98 Å². The fourth-order valence-corrected chi connectivity index (χ4v) is 2.24. The summed E-state index contributed by atoms with van der Waals surface area (Å²) >= 11 is 1.42. The van der Waals surface area contributed by atoms with Gasteiger partial charge in [0.05, 0.1) is 21.3 Å². The van der Waals surface area contributed by atoms with Gasteiger partial charge in [0.2, 0.25) is 5.75 Å². The number of anilines is 3. The van der Waals surface area contributed by atoms with Crippen LogP contribution >= 0.6 is 11.3 Å². The predicted molar refractivity (Wildman–Crippen MR) is 75.9 cm³/mol. The number of rotatable bonds is 5. The van der Waals surface area contributed by atoms with Gasteiger partial charge in [-0.1, -0.05) is 0 Å². The zero-order chi connectivity index (χ0) is 13.8. The Morgan fingerprint density at radius 1 is 1.11 bits per heavy atom. The minimum Gasteiger partial charge on any atom is -0.493 e. The lowest BCUT2D eigenvalue weighted by Crippen LogP contribution is -1.97. The van der Waals surface area contributed by atoms with Crippen LogP contribution in [0.1, 0.15) is 0 Å². The minimum absolute atomic E-state index is 0.486. The third-order valence-corrected chi connectivity index (χ3v) is 3.21. The van der Waals surface area contributed by atoms with Crippen molar-refractivity contribution >= 4 is 28.0 Å². The molecule has 0 saturated heterocycles. The molecular formula is C12H15N3O3S. The van der Waals surface area contributed by atoms with Gasteiger partial charge in [-0.05, 0) is 0 Å². The molecule has 102 valence electrons. The first-order valence-corrected chi connectivity index (χ1v) is 6.34. The maximum absolute atomic E-state index is 5.58. The third-order valence-electron chi connectivity index (χ3n) is 2.44. The van der Waals surface area contributed by atoms with Crippen molar-refractivity contribution in [3.63, 3.8) is 0 Å². The lowest BCUT2D eigenvalue weighted by molar-refractivity contribution is 0.324. The summed E-state index contributed by atoms with van der Waals surface area (Å²) in [6, 6.07) is 3.61. The van der Waals surface area contributed by atoms with Gasteiger partial charge in [0.15, 0.2) is 16.6 Å². The minimum atomic E-state index is 0.486. The average Bonchev–Trinajstić information content (AvgIpc) is 2.82. The van der Waals surface area contributed by atoms with Crippen LogP contribution in [-0.2, 0) is 0 Å². The molecular weight excluding hydrogens is 266 g/mol. The van der Waals surface area contributed by atoms with Crippen LogP contribution in [0.25, 0.3) is 0 Å². The number of thiazole rings is 1. The number of nitrogens with one attached hydrogen (secondary N) is 1. The number of hydrogen-bond acceptors (Lipinski definition) is 7. The highest BCUT2D eigenvalue weighted by molar-refractivity contribution is 7.14. The van der Waals surface area contributed by atoms with Gasteiger partial charge in [-0.3, -0.25) is 0 Å². The highest BCUT2D eigenvalue weighted by atomic mass is 32.1. The quantitative estimate of drug-likeness (QED) is 0.876. The molecule has 1 aromatic heterocycles. The van der Waals surface area contributed by atoms with Crippen molar-refractivity contribution in [2.45, 2.75) is 0 Å². The largest absolute Gasteiger partial charge is 0.493 e. The Kier molecular flexibility index (Phi) is 3.96. The first-order chi connectivity index (χ1) is 9.17. The van der Waals surface area contributed by atoms with Gasteiger partial charge < -0.3 is 25.3 Å². The topological polar surface area (TPSA) is 78.6 Å². The third kappa shape index (κ3) is 2.82. The van der Waals surface area contributed by atoms with Gasteiger partial charge in [-0.2, -0.15) is 0 Å². The average molecular weight is 281 g/mol. The van der Waals surface area contributed by atoms with E-state index < -0.39 is 0 Å². The molecule has 0 saturated carbocycles. The van der Waals surface area contributed by atoms with E-state index in [0.29, 0.717) is 28.2 Å². The van der Waals surface area contributed by atoms with Gasteiger partial charge in [0.1, 0.15) is 5.82 Å². The summed E-state index contributed by atoms with van der Waals surface area (Å²) in [6.07, 6.45) is 0. The number of aromatic nitrogens is 1. The zero-order valence-corrected chi connectivity index (χ0v) is 11.7. The van der Waals surface area contributed by atoms with Crippen molar-refractivity contribution in [2.75, 3.05) is 32.4 Å². The SMILES string of the molecule is COc1cc(Nc2nc(N)cs2)cc(OC)c1OC. The van der Waals surface area contributed by atoms with Crippen molar-refractivity contribution in [1.29, 1.82) is 0 Å². The fourth-order valence-electron chi connectivity index (χ4n) is 1.62. The Morgan fingerprint density at radius 3 is 2.16 bits per heavy atom. The van der Waals surface area contributed by atoms with E-state index >= 15 is 0 Å². The Morgan fingerprint density at radius 2 is 1.74 bits per heavy atom. The second kappa shape index (κ2) is 5.66. The van der Waals surface area contributed by atoms with E-state index in [4.69, 9.17) is 19.9 Å². The van der Waals surface area contributed by atoms with Crippen LogP contribution in [0.15, 0.2) is 17.5 Å². The molecule has 0 amide bonds. The summed E-state index contributed by atoms with van der Waals surface area (Å²) in [5, 5.41) is 5.60. The van der Waals surface area contributed by atoms with Crippen molar-refractivity contribution in [3.05, 3.63) is 17.5 Å². The molecule has 1 heterocycles. The molecule has 19 heavy (non-hydrogen) atoms. The molecule has 0 aliphatic heterocycles. The van der Waals surface area contributed by atoms with Crippen LogP contribution in [0, 0.1) is 0 Å². The fraction of sp³-hybridized carbons (Fsp3) is 0.250. The van der Waals surface area contributed by atoms with Gasteiger partial charge in [0, 0.05) is 23.2 Å². The number of methoxy groups -OCH3 is 3. The maximum atomic E-state index is 5.58. The molecule has 3 N–H and O–H groups in total. The zero-order valence-electron chi connectivity index (χ0n) is 10.9. The molecule has 0 spiro atoms. The Balaban J connectivity index is 2.35. The second-order valence-corrected chi connectivity index (χ2v) is 4.47. The Hall–Kier alpha value is -2.15. The van der Waals surface area contributed by atoms with Gasteiger partial charge in [0.25, 0.3) is 0 Å². The molecule has 0 atom stereocenters. The highest BCUT2D eigenvalue weighted by Crippen LogP contribution is 2.40. The monoisotopic (exact) mass is 281 g/mol. The second-order valence-electron chi connectivity index (χ2n) is 3.62. The molecule has 2 aromatic rings. The van der Waals surface area contributed by atoms with Crippen LogP contribution in [0.3, 0.4) is 0 Å². The molecule has 0 fully saturated rings. The van der Waals surface area contributed by atoms with Gasteiger partial charge in [-0.15, -0.1) is 11.3 Å². The van der Waals surface area contributed by atoms with E-state index in [0.717, 1.165) is 5.69 Å². The lowest BCUT2D eigenvalue weighted by atomic mass is 10.2. The molecule has 6 nitrogen and oxygen atoms in total. The summed E-state index contributed by atoms with van der Waals surface area (Å²) in [7, 11) is 4.71. The number of nitrogens with zero attached hydrogens (tertiary/aromatic N) is 1. The van der Waals surface area contributed by atoms with E-state index in [9.17, 15) is 0 Å².